The Labute approximate surface area is 102 Å². The molecule has 0 radical (unpaired) electrons. The van der Waals surface area contributed by atoms with E-state index >= 15 is 0 Å². The summed E-state index contributed by atoms with van der Waals surface area (Å²) in [5, 5.41) is 3.32. The second-order valence-corrected chi connectivity index (χ2v) is 3.98. The van der Waals surface area contributed by atoms with Gasteiger partial charge in [0.15, 0.2) is 11.5 Å². The van der Waals surface area contributed by atoms with Crippen LogP contribution in [0.4, 0.5) is 5.69 Å². The molecule has 0 saturated carbocycles. The normalized spacial score (nSPS) is 15.1. The van der Waals surface area contributed by atoms with E-state index in [1.807, 2.05) is 18.2 Å². The number of nitrogens with one attached hydrogen (secondary N) is 1. The second-order valence-electron chi connectivity index (χ2n) is 3.98. The number of ether oxygens (including phenoxy) is 2. The van der Waals surface area contributed by atoms with Crippen molar-refractivity contribution in [3.8, 4) is 11.5 Å². The Bertz CT molecular complexity index is 416. The summed E-state index contributed by atoms with van der Waals surface area (Å²) in [5.41, 5.74) is 0.989. The van der Waals surface area contributed by atoms with Crippen LogP contribution in [0.25, 0.3) is 0 Å². The number of hydrogen-bond acceptors (Lipinski definition) is 4. The van der Waals surface area contributed by atoms with Crippen LogP contribution >= 0.6 is 0 Å². The lowest BCUT2D eigenvalue weighted by Crippen LogP contribution is -2.16. The smallest absolute Gasteiger partial charge is 0.162 e. The van der Waals surface area contributed by atoms with Gasteiger partial charge in [0.2, 0.25) is 0 Å². The van der Waals surface area contributed by atoms with E-state index in [-0.39, 0.29) is 0 Å². The minimum Gasteiger partial charge on any atom is -0.493 e. The quantitative estimate of drug-likeness (QED) is 0.874. The Morgan fingerprint density at radius 2 is 1.94 bits per heavy atom. The van der Waals surface area contributed by atoms with Crippen LogP contribution in [0.3, 0.4) is 0 Å². The highest BCUT2D eigenvalue weighted by Gasteiger charge is 2.08. The van der Waals surface area contributed by atoms with Crippen molar-refractivity contribution in [2.24, 2.45) is 4.99 Å². The van der Waals surface area contributed by atoms with Gasteiger partial charge in [0.25, 0.3) is 0 Å². The zero-order valence-electron chi connectivity index (χ0n) is 10.3. The van der Waals surface area contributed by atoms with Crippen LogP contribution in [0, 0.1) is 0 Å². The number of amidine groups is 1. The standard InChI is InChI=1S/C13H18N2O2/c1-16-11-7-6-10(9-12(11)17-2)15-13-5-3-4-8-14-13/h6-7,9H,3-5,8H2,1-2H3,(H,14,15). The first kappa shape index (κ1) is 11.8. The molecule has 0 aromatic heterocycles. The molecule has 0 aliphatic carbocycles. The number of rotatable bonds is 3. The molecule has 0 spiro atoms. The zero-order valence-corrected chi connectivity index (χ0v) is 10.3. The van der Waals surface area contributed by atoms with Gasteiger partial charge in [-0.1, -0.05) is 0 Å². The van der Waals surface area contributed by atoms with Gasteiger partial charge in [0, 0.05) is 24.7 Å². The summed E-state index contributed by atoms with van der Waals surface area (Å²) < 4.78 is 10.5. The van der Waals surface area contributed by atoms with Crippen LogP contribution < -0.4 is 14.8 Å². The molecular weight excluding hydrogens is 216 g/mol. The molecule has 4 nitrogen and oxygen atoms in total. The van der Waals surface area contributed by atoms with Gasteiger partial charge in [-0.15, -0.1) is 0 Å². The van der Waals surface area contributed by atoms with E-state index < -0.39 is 0 Å². The van der Waals surface area contributed by atoms with Crippen molar-refractivity contribution in [3.63, 3.8) is 0 Å². The Kier molecular flexibility index (Phi) is 3.85. The van der Waals surface area contributed by atoms with Gasteiger partial charge in [0.05, 0.1) is 14.2 Å². The maximum absolute atomic E-state index is 5.26. The van der Waals surface area contributed by atoms with Crippen molar-refractivity contribution >= 4 is 11.5 Å². The van der Waals surface area contributed by atoms with Gasteiger partial charge >= 0.3 is 0 Å². The lowest BCUT2D eigenvalue weighted by atomic mass is 10.1. The SMILES string of the molecule is COc1ccc(NC2=NCCCC2)cc1OC. The van der Waals surface area contributed by atoms with Gasteiger partial charge in [-0.2, -0.15) is 0 Å². The molecule has 0 fully saturated rings. The lowest BCUT2D eigenvalue weighted by molar-refractivity contribution is 0.355. The molecule has 1 N–H and O–H groups in total. The second kappa shape index (κ2) is 5.57. The van der Waals surface area contributed by atoms with E-state index in [0.29, 0.717) is 0 Å². The molecule has 4 heteroatoms. The van der Waals surface area contributed by atoms with E-state index in [4.69, 9.17) is 9.47 Å². The Morgan fingerprint density at radius 1 is 1.12 bits per heavy atom. The highest BCUT2D eigenvalue weighted by molar-refractivity contribution is 5.96. The molecule has 1 aromatic rings. The molecule has 0 unspecified atom stereocenters. The molecule has 0 saturated heterocycles. The molecular formula is C13H18N2O2. The highest BCUT2D eigenvalue weighted by atomic mass is 16.5. The summed E-state index contributed by atoms with van der Waals surface area (Å²) in [4.78, 5) is 4.46. The van der Waals surface area contributed by atoms with E-state index in [1.165, 1.54) is 12.8 Å². The van der Waals surface area contributed by atoms with E-state index in [2.05, 4.69) is 10.3 Å². The first-order valence-electron chi connectivity index (χ1n) is 5.86. The van der Waals surface area contributed by atoms with Crippen LogP contribution in [0.5, 0.6) is 11.5 Å². The maximum Gasteiger partial charge on any atom is 0.162 e. The third-order valence-electron chi connectivity index (χ3n) is 2.80. The monoisotopic (exact) mass is 234 g/mol. The molecule has 0 atom stereocenters. The molecule has 92 valence electrons. The molecule has 1 aromatic carbocycles. The minimum absolute atomic E-state index is 0.730. The first-order valence-corrected chi connectivity index (χ1v) is 5.86. The van der Waals surface area contributed by atoms with Gasteiger partial charge < -0.3 is 14.8 Å². The van der Waals surface area contributed by atoms with Crippen molar-refractivity contribution in [3.05, 3.63) is 18.2 Å². The van der Waals surface area contributed by atoms with Gasteiger partial charge in [0.1, 0.15) is 5.84 Å². The number of benzene rings is 1. The Morgan fingerprint density at radius 3 is 2.59 bits per heavy atom. The number of anilines is 1. The summed E-state index contributed by atoms with van der Waals surface area (Å²) in [6.45, 7) is 0.926. The molecule has 1 aliphatic heterocycles. The largest absolute Gasteiger partial charge is 0.493 e. The summed E-state index contributed by atoms with van der Waals surface area (Å²) in [6.07, 6.45) is 3.42. The van der Waals surface area contributed by atoms with Crippen molar-refractivity contribution in [2.45, 2.75) is 19.3 Å². The predicted molar refractivity (Wildman–Crippen MR) is 69.3 cm³/mol. The predicted octanol–water partition coefficient (Wildman–Crippen LogP) is 2.70. The van der Waals surface area contributed by atoms with Crippen molar-refractivity contribution in [2.75, 3.05) is 26.1 Å². The minimum atomic E-state index is 0.730. The molecule has 0 amide bonds. The molecule has 17 heavy (non-hydrogen) atoms. The molecule has 1 aliphatic rings. The van der Waals surface area contributed by atoms with Gasteiger partial charge in [-0.25, -0.2) is 0 Å². The summed E-state index contributed by atoms with van der Waals surface area (Å²) in [5.74, 6) is 2.53. The fraction of sp³-hybridized carbons (Fsp3) is 0.462. The molecule has 2 rings (SSSR count). The summed E-state index contributed by atoms with van der Waals surface area (Å²) in [7, 11) is 3.27. The van der Waals surface area contributed by atoms with Crippen LogP contribution in [-0.4, -0.2) is 26.6 Å². The third-order valence-corrected chi connectivity index (χ3v) is 2.80. The van der Waals surface area contributed by atoms with Crippen LogP contribution in [-0.2, 0) is 0 Å². The number of hydrogen-bond donors (Lipinski definition) is 1. The topological polar surface area (TPSA) is 42.8 Å². The molecule has 0 bridgehead atoms. The first-order chi connectivity index (χ1) is 8.33. The van der Waals surface area contributed by atoms with Crippen LogP contribution in [0.1, 0.15) is 19.3 Å². The summed E-state index contributed by atoms with van der Waals surface area (Å²) >= 11 is 0. The lowest BCUT2D eigenvalue weighted by Gasteiger charge is -2.15. The van der Waals surface area contributed by atoms with Crippen LogP contribution in [0.2, 0.25) is 0 Å². The highest BCUT2D eigenvalue weighted by Crippen LogP contribution is 2.29. The fourth-order valence-electron chi connectivity index (χ4n) is 1.88. The van der Waals surface area contributed by atoms with Crippen molar-refractivity contribution < 1.29 is 9.47 Å². The zero-order chi connectivity index (χ0) is 12.1. The van der Waals surface area contributed by atoms with E-state index in [0.717, 1.165) is 36.0 Å². The Hall–Kier alpha value is -1.71. The number of aliphatic imine (C=N–C) groups is 1. The number of methoxy groups -OCH3 is 2. The van der Waals surface area contributed by atoms with Crippen molar-refractivity contribution in [1.82, 2.24) is 0 Å². The average molecular weight is 234 g/mol. The fourth-order valence-corrected chi connectivity index (χ4v) is 1.88. The molecule has 1 heterocycles. The maximum atomic E-state index is 5.26. The van der Waals surface area contributed by atoms with Gasteiger partial charge in [-0.3, -0.25) is 4.99 Å². The summed E-state index contributed by atoms with van der Waals surface area (Å²) in [6, 6.07) is 5.79. The Balaban J connectivity index is 2.13. The third kappa shape index (κ3) is 2.90. The number of nitrogens with zero attached hydrogens (tertiary/aromatic N) is 1. The van der Waals surface area contributed by atoms with Gasteiger partial charge in [-0.05, 0) is 25.0 Å². The van der Waals surface area contributed by atoms with Crippen molar-refractivity contribution in [1.29, 1.82) is 0 Å². The van der Waals surface area contributed by atoms with E-state index in [1.54, 1.807) is 14.2 Å². The van der Waals surface area contributed by atoms with Crippen LogP contribution in [0.15, 0.2) is 23.2 Å². The average Bonchev–Trinajstić information content (AvgIpc) is 2.40. The van der Waals surface area contributed by atoms with E-state index in [9.17, 15) is 0 Å².